The van der Waals surface area contributed by atoms with E-state index in [4.69, 9.17) is 9.51 Å². The van der Waals surface area contributed by atoms with Gasteiger partial charge in [0.05, 0.1) is 6.04 Å². The maximum atomic E-state index is 5.56. The van der Waals surface area contributed by atoms with E-state index in [2.05, 4.69) is 31.2 Å². The van der Waals surface area contributed by atoms with Gasteiger partial charge in [-0.1, -0.05) is 25.9 Å². The fraction of sp³-hybridized carbons (Fsp3) is 0.875. The van der Waals surface area contributed by atoms with Gasteiger partial charge in [-0.15, -0.1) is 0 Å². The summed E-state index contributed by atoms with van der Waals surface area (Å²) in [5, 5.41) is 7.79. The van der Waals surface area contributed by atoms with Gasteiger partial charge in [-0.3, -0.25) is 0 Å². The SMILES string of the molecule is CC1CCCNC1c1nc(C2CCC(C)(C)CC2)no1. The van der Waals surface area contributed by atoms with E-state index < -0.39 is 0 Å². The van der Waals surface area contributed by atoms with Gasteiger partial charge in [0.1, 0.15) is 0 Å². The van der Waals surface area contributed by atoms with E-state index in [0.29, 0.717) is 17.3 Å². The lowest BCUT2D eigenvalue weighted by molar-refractivity contribution is 0.217. The maximum Gasteiger partial charge on any atom is 0.244 e. The van der Waals surface area contributed by atoms with Gasteiger partial charge in [0, 0.05) is 5.92 Å². The third-order valence-electron chi connectivity index (χ3n) is 5.20. The summed E-state index contributed by atoms with van der Waals surface area (Å²) in [4.78, 5) is 4.72. The van der Waals surface area contributed by atoms with Crippen LogP contribution in [-0.4, -0.2) is 16.7 Å². The van der Waals surface area contributed by atoms with Crippen LogP contribution >= 0.6 is 0 Å². The van der Waals surface area contributed by atoms with Gasteiger partial charge in [0.25, 0.3) is 0 Å². The van der Waals surface area contributed by atoms with E-state index in [9.17, 15) is 0 Å². The summed E-state index contributed by atoms with van der Waals surface area (Å²) in [5.41, 5.74) is 0.489. The van der Waals surface area contributed by atoms with Crippen LogP contribution in [0.4, 0.5) is 0 Å². The topological polar surface area (TPSA) is 51.0 Å². The lowest BCUT2D eigenvalue weighted by Gasteiger charge is -2.32. The molecule has 2 aliphatic rings. The Hall–Kier alpha value is -0.900. The minimum Gasteiger partial charge on any atom is -0.338 e. The third kappa shape index (κ3) is 2.90. The van der Waals surface area contributed by atoms with Crippen LogP contribution in [0, 0.1) is 11.3 Å². The summed E-state index contributed by atoms with van der Waals surface area (Å²) < 4.78 is 5.56. The lowest BCUT2D eigenvalue weighted by Crippen LogP contribution is -2.33. The fourth-order valence-corrected chi connectivity index (χ4v) is 3.58. The van der Waals surface area contributed by atoms with Gasteiger partial charge in [0.2, 0.25) is 5.89 Å². The Bertz CT molecular complexity index is 444. The van der Waals surface area contributed by atoms with E-state index in [0.717, 1.165) is 18.3 Å². The van der Waals surface area contributed by atoms with E-state index in [-0.39, 0.29) is 6.04 Å². The van der Waals surface area contributed by atoms with Crippen LogP contribution in [-0.2, 0) is 0 Å². The van der Waals surface area contributed by atoms with Crippen molar-refractivity contribution in [2.75, 3.05) is 6.54 Å². The second-order valence-electron chi connectivity index (χ2n) is 7.48. The van der Waals surface area contributed by atoms with E-state index >= 15 is 0 Å². The van der Waals surface area contributed by atoms with Gasteiger partial charge in [0.15, 0.2) is 5.82 Å². The van der Waals surface area contributed by atoms with Gasteiger partial charge in [-0.2, -0.15) is 4.98 Å². The van der Waals surface area contributed by atoms with Crippen LogP contribution in [0.25, 0.3) is 0 Å². The summed E-state index contributed by atoms with van der Waals surface area (Å²) in [7, 11) is 0. The zero-order valence-electron chi connectivity index (χ0n) is 13.0. The molecule has 1 saturated carbocycles. The first-order chi connectivity index (χ1) is 9.55. The van der Waals surface area contributed by atoms with Crippen LogP contribution < -0.4 is 5.32 Å². The molecule has 1 aromatic rings. The highest BCUT2D eigenvalue weighted by Gasteiger charge is 2.32. The van der Waals surface area contributed by atoms with Crippen LogP contribution in [0.2, 0.25) is 0 Å². The Morgan fingerprint density at radius 1 is 1.20 bits per heavy atom. The molecule has 0 bridgehead atoms. The smallest absolute Gasteiger partial charge is 0.244 e. The highest BCUT2D eigenvalue weighted by Crippen LogP contribution is 2.41. The zero-order valence-corrected chi connectivity index (χ0v) is 13.0. The van der Waals surface area contributed by atoms with Crippen molar-refractivity contribution in [2.45, 2.75) is 71.3 Å². The molecule has 2 fully saturated rings. The molecular weight excluding hydrogens is 250 g/mol. The molecule has 1 N–H and O–H groups in total. The van der Waals surface area contributed by atoms with Crippen LogP contribution in [0.5, 0.6) is 0 Å². The molecule has 1 aromatic heterocycles. The molecule has 4 heteroatoms. The summed E-state index contributed by atoms with van der Waals surface area (Å²) in [6, 6.07) is 0.255. The van der Waals surface area contributed by atoms with E-state index in [1.54, 1.807) is 0 Å². The lowest BCUT2D eigenvalue weighted by atomic mass is 9.73. The Kier molecular flexibility index (Phi) is 3.85. The van der Waals surface area contributed by atoms with Gasteiger partial charge < -0.3 is 9.84 Å². The van der Waals surface area contributed by atoms with Crippen molar-refractivity contribution in [3.8, 4) is 0 Å². The minimum absolute atomic E-state index is 0.255. The number of hydrogen-bond acceptors (Lipinski definition) is 4. The van der Waals surface area contributed by atoms with E-state index in [1.165, 1.54) is 38.5 Å². The molecule has 2 atom stereocenters. The summed E-state index contributed by atoms with van der Waals surface area (Å²) in [5.74, 6) is 2.83. The summed E-state index contributed by atoms with van der Waals surface area (Å²) >= 11 is 0. The second kappa shape index (κ2) is 5.47. The first-order valence-corrected chi connectivity index (χ1v) is 8.12. The predicted octanol–water partition coefficient (Wildman–Crippen LogP) is 3.81. The number of piperidine rings is 1. The van der Waals surface area contributed by atoms with Crippen LogP contribution in [0.3, 0.4) is 0 Å². The normalized spacial score (nSPS) is 31.4. The van der Waals surface area contributed by atoms with E-state index in [1.807, 2.05) is 0 Å². The number of rotatable bonds is 2. The molecule has 3 rings (SSSR count). The van der Waals surface area contributed by atoms with Crippen molar-refractivity contribution >= 4 is 0 Å². The first kappa shape index (κ1) is 14.1. The molecular formula is C16H27N3O. The second-order valence-corrected chi connectivity index (χ2v) is 7.48. The fourth-order valence-electron chi connectivity index (χ4n) is 3.58. The third-order valence-corrected chi connectivity index (χ3v) is 5.20. The van der Waals surface area contributed by atoms with Crippen molar-refractivity contribution in [1.29, 1.82) is 0 Å². The van der Waals surface area contributed by atoms with Gasteiger partial charge >= 0.3 is 0 Å². The molecule has 0 aromatic carbocycles. The number of aromatic nitrogens is 2. The Morgan fingerprint density at radius 2 is 1.95 bits per heavy atom. The molecule has 0 spiro atoms. The average molecular weight is 277 g/mol. The number of hydrogen-bond donors (Lipinski definition) is 1. The van der Waals surface area contributed by atoms with Gasteiger partial charge in [-0.05, 0) is 56.4 Å². The summed E-state index contributed by atoms with van der Waals surface area (Å²) in [6.45, 7) is 8.05. The molecule has 1 aliphatic carbocycles. The zero-order chi connectivity index (χ0) is 14.2. The van der Waals surface area contributed by atoms with Crippen molar-refractivity contribution < 1.29 is 4.52 Å². The molecule has 112 valence electrons. The number of nitrogens with one attached hydrogen (secondary N) is 1. The minimum atomic E-state index is 0.255. The first-order valence-electron chi connectivity index (χ1n) is 8.12. The molecule has 1 saturated heterocycles. The number of nitrogens with zero attached hydrogens (tertiary/aromatic N) is 2. The largest absolute Gasteiger partial charge is 0.338 e. The van der Waals surface area contributed by atoms with Gasteiger partial charge in [-0.25, -0.2) is 0 Å². The quantitative estimate of drug-likeness (QED) is 0.893. The maximum absolute atomic E-state index is 5.56. The average Bonchev–Trinajstić information content (AvgIpc) is 2.88. The molecule has 2 heterocycles. The van der Waals surface area contributed by atoms with Crippen LogP contribution in [0.15, 0.2) is 4.52 Å². The standard InChI is InChI=1S/C16H27N3O/c1-11-5-4-10-17-13(11)15-18-14(19-20-15)12-6-8-16(2,3)9-7-12/h11-13,17H,4-10H2,1-3H3. The Balaban J connectivity index is 1.68. The van der Waals surface area contributed by atoms with Crippen molar-refractivity contribution in [1.82, 2.24) is 15.5 Å². The van der Waals surface area contributed by atoms with Crippen molar-refractivity contribution in [2.24, 2.45) is 11.3 Å². The van der Waals surface area contributed by atoms with Crippen molar-refractivity contribution in [3.63, 3.8) is 0 Å². The molecule has 20 heavy (non-hydrogen) atoms. The molecule has 0 radical (unpaired) electrons. The summed E-state index contributed by atoms with van der Waals surface area (Å²) in [6.07, 6.45) is 7.40. The van der Waals surface area contributed by atoms with Crippen molar-refractivity contribution in [3.05, 3.63) is 11.7 Å². The predicted molar refractivity (Wildman–Crippen MR) is 78.4 cm³/mol. The Morgan fingerprint density at radius 3 is 2.65 bits per heavy atom. The molecule has 1 aliphatic heterocycles. The highest BCUT2D eigenvalue weighted by atomic mass is 16.5. The van der Waals surface area contributed by atoms with Crippen LogP contribution in [0.1, 0.15) is 83.0 Å². The molecule has 4 nitrogen and oxygen atoms in total. The molecule has 0 amide bonds. The highest BCUT2D eigenvalue weighted by molar-refractivity contribution is 5.02. The molecule has 2 unspecified atom stereocenters. The Labute approximate surface area is 121 Å². The monoisotopic (exact) mass is 277 g/mol.